The van der Waals surface area contributed by atoms with E-state index in [0.29, 0.717) is 13.0 Å². The van der Waals surface area contributed by atoms with Gasteiger partial charge in [0.15, 0.2) is 0 Å². The van der Waals surface area contributed by atoms with Crippen LogP contribution >= 0.6 is 7.82 Å². The molecule has 8 nitrogen and oxygen atoms in total. The van der Waals surface area contributed by atoms with Crippen LogP contribution in [0.3, 0.4) is 0 Å². The maximum absolute atomic E-state index is 12.6. The van der Waals surface area contributed by atoms with Gasteiger partial charge < -0.3 is 20.1 Å². The Balaban J connectivity index is 4.11. The SMILES string of the molecule is CC/C=C\C/C=C\C/C=C\C/C=C\C/C=C\C/C=C\CCCCCOCC(COP(=O)(O)OCCN)OC(=O)CCCCCCCCCCCCCCC. The number of rotatable bonds is 40. The van der Waals surface area contributed by atoms with E-state index in [0.717, 1.165) is 83.5 Å². The molecule has 0 aromatic heterocycles. The summed E-state index contributed by atoms with van der Waals surface area (Å²) in [4.78, 5) is 22.4. The third-order valence-corrected chi connectivity index (χ3v) is 9.62. The van der Waals surface area contributed by atoms with Crippen LogP contribution in [0.5, 0.6) is 0 Å². The van der Waals surface area contributed by atoms with E-state index in [2.05, 4.69) is 86.8 Å². The fourth-order valence-electron chi connectivity index (χ4n) is 5.53. The molecule has 0 saturated heterocycles. The number of phosphoric acid groups is 1. The summed E-state index contributed by atoms with van der Waals surface area (Å²) in [5, 5.41) is 0. The Bertz CT molecular complexity index is 1050. The van der Waals surface area contributed by atoms with Gasteiger partial charge in [-0.25, -0.2) is 4.57 Å². The Kier molecular flexibility index (Phi) is 40.5. The summed E-state index contributed by atoms with van der Waals surface area (Å²) >= 11 is 0. The van der Waals surface area contributed by atoms with Crippen molar-refractivity contribution in [3.8, 4) is 0 Å². The maximum Gasteiger partial charge on any atom is 0.472 e. The predicted octanol–water partition coefficient (Wildman–Crippen LogP) is 12.7. The summed E-state index contributed by atoms with van der Waals surface area (Å²) in [5.41, 5.74) is 5.36. The van der Waals surface area contributed by atoms with Gasteiger partial charge in [-0.05, 0) is 64.2 Å². The third-order valence-electron chi connectivity index (χ3n) is 8.64. The molecule has 0 spiro atoms. The molecule has 0 aliphatic rings. The number of hydrogen-bond acceptors (Lipinski definition) is 7. The van der Waals surface area contributed by atoms with Gasteiger partial charge in [0.2, 0.25) is 0 Å². The third kappa shape index (κ3) is 41.1. The fourth-order valence-corrected chi connectivity index (χ4v) is 6.29. The van der Waals surface area contributed by atoms with Gasteiger partial charge in [-0.1, -0.05) is 170 Å². The van der Waals surface area contributed by atoms with E-state index in [9.17, 15) is 14.3 Å². The van der Waals surface area contributed by atoms with Crippen LogP contribution < -0.4 is 5.73 Å². The van der Waals surface area contributed by atoms with Crippen molar-refractivity contribution >= 4 is 13.8 Å². The van der Waals surface area contributed by atoms with Gasteiger partial charge in [0.25, 0.3) is 0 Å². The van der Waals surface area contributed by atoms with E-state index in [1.807, 2.05) is 0 Å². The van der Waals surface area contributed by atoms with Crippen LogP contribution in [0.15, 0.2) is 72.9 Å². The molecule has 0 saturated carbocycles. The molecule has 0 fully saturated rings. The second-order valence-electron chi connectivity index (χ2n) is 13.8. The Labute approximate surface area is 331 Å². The number of nitrogens with two attached hydrogens (primary N) is 1. The first kappa shape index (κ1) is 51.9. The van der Waals surface area contributed by atoms with Crippen molar-refractivity contribution in [2.75, 3.05) is 33.0 Å². The molecule has 312 valence electrons. The molecule has 0 rings (SSSR count). The summed E-state index contributed by atoms with van der Waals surface area (Å²) in [7, 11) is -4.29. The highest BCUT2D eigenvalue weighted by molar-refractivity contribution is 7.47. The second-order valence-corrected chi connectivity index (χ2v) is 15.3. The number of carbonyl (C=O) groups excluding carboxylic acids is 1. The van der Waals surface area contributed by atoms with Crippen molar-refractivity contribution in [3.05, 3.63) is 72.9 Å². The normalized spacial score (nSPS) is 14.2. The van der Waals surface area contributed by atoms with E-state index in [1.54, 1.807) is 0 Å². The second kappa shape index (κ2) is 42.1. The van der Waals surface area contributed by atoms with Crippen LogP contribution in [0, 0.1) is 0 Å². The smallest absolute Gasteiger partial charge is 0.457 e. The highest BCUT2D eigenvalue weighted by Crippen LogP contribution is 2.43. The zero-order chi connectivity index (χ0) is 39.5. The molecule has 0 heterocycles. The quantitative estimate of drug-likeness (QED) is 0.0273. The Morgan fingerprint density at radius 1 is 0.574 bits per heavy atom. The average Bonchev–Trinajstić information content (AvgIpc) is 3.16. The van der Waals surface area contributed by atoms with Crippen LogP contribution in [-0.2, 0) is 27.9 Å². The van der Waals surface area contributed by atoms with Crippen LogP contribution in [-0.4, -0.2) is 49.9 Å². The molecule has 0 aromatic carbocycles. The number of esters is 1. The first-order chi connectivity index (χ1) is 26.4. The molecule has 0 radical (unpaired) electrons. The minimum Gasteiger partial charge on any atom is -0.457 e. The van der Waals surface area contributed by atoms with Crippen molar-refractivity contribution in [1.29, 1.82) is 0 Å². The molecule has 0 amide bonds. The van der Waals surface area contributed by atoms with Crippen molar-refractivity contribution in [2.24, 2.45) is 5.73 Å². The van der Waals surface area contributed by atoms with E-state index >= 15 is 0 Å². The summed E-state index contributed by atoms with van der Waals surface area (Å²) in [6, 6.07) is 0. The number of hydrogen-bond donors (Lipinski definition) is 2. The van der Waals surface area contributed by atoms with Gasteiger partial charge in [0.05, 0.1) is 19.8 Å². The lowest BCUT2D eigenvalue weighted by atomic mass is 10.0. The number of ether oxygens (including phenoxy) is 2. The molecule has 0 aromatic rings. The van der Waals surface area contributed by atoms with Crippen LogP contribution in [0.4, 0.5) is 0 Å². The molecular formula is C45H80NO7P. The minimum atomic E-state index is -4.29. The van der Waals surface area contributed by atoms with Crippen LogP contribution in [0.25, 0.3) is 0 Å². The molecule has 3 N–H and O–H groups in total. The number of carbonyl (C=O) groups is 1. The molecule has 2 unspecified atom stereocenters. The van der Waals surface area contributed by atoms with E-state index < -0.39 is 13.9 Å². The maximum atomic E-state index is 12.6. The number of phosphoric ester groups is 1. The molecule has 0 aliphatic carbocycles. The number of unbranched alkanes of at least 4 members (excludes halogenated alkanes) is 15. The molecule has 0 bridgehead atoms. The Morgan fingerprint density at radius 3 is 1.54 bits per heavy atom. The first-order valence-electron chi connectivity index (χ1n) is 21.4. The Hall–Kier alpha value is -2.06. The highest BCUT2D eigenvalue weighted by Gasteiger charge is 2.25. The molecular weight excluding hydrogens is 697 g/mol. The minimum absolute atomic E-state index is 0.0916. The van der Waals surface area contributed by atoms with Crippen molar-refractivity contribution < 1.29 is 32.8 Å². The molecule has 2 atom stereocenters. The van der Waals surface area contributed by atoms with Crippen molar-refractivity contribution in [2.45, 2.75) is 174 Å². The first-order valence-corrected chi connectivity index (χ1v) is 22.9. The molecule has 9 heteroatoms. The number of allylic oxidation sites excluding steroid dienone is 12. The van der Waals surface area contributed by atoms with Crippen molar-refractivity contribution in [3.63, 3.8) is 0 Å². The van der Waals surface area contributed by atoms with Gasteiger partial charge in [0, 0.05) is 19.6 Å². The molecule has 54 heavy (non-hydrogen) atoms. The largest absolute Gasteiger partial charge is 0.472 e. The average molecular weight is 778 g/mol. The van der Waals surface area contributed by atoms with Crippen LogP contribution in [0.1, 0.15) is 168 Å². The van der Waals surface area contributed by atoms with Crippen LogP contribution in [0.2, 0.25) is 0 Å². The van der Waals surface area contributed by atoms with Gasteiger partial charge in [0.1, 0.15) is 6.10 Å². The lowest BCUT2D eigenvalue weighted by molar-refractivity contribution is -0.154. The van der Waals surface area contributed by atoms with E-state index in [4.69, 9.17) is 24.3 Å². The lowest BCUT2D eigenvalue weighted by Gasteiger charge is -2.20. The van der Waals surface area contributed by atoms with Gasteiger partial charge in [-0.2, -0.15) is 0 Å². The van der Waals surface area contributed by atoms with Gasteiger partial charge in [-0.15, -0.1) is 0 Å². The van der Waals surface area contributed by atoms with E-state index in [1.165, 1.54) is 64.2 Å². The zero-order valence-corrected chi connectivity index (χ0v) is 35.3. The lowest BCUT2D eigenvalue weighted by Crippen LogP contribution is -2.28. The summed E-state index contributed by atoms with van der Waals surface area (Å²) in [6.07, 6.45) is 52.1. The predicted molar refractivity (Wildman–Crippen MR) is 228 cm³/mol. The molecule has 0 aliphatic heterocycles. The van der Waals surface area contributed by atoms with Crippen molar-refractivity contribution in [1.82, 2.24) is 0 Å². The zero-order valence-electron chi connectivity index (χ0n) is 34.4. The standard InChI is InChI=1S/C45H80NO7P/c1-3-5-7-9-11-13-15-17-18-19-20-21-22-23-24-25-27-29-31-33-35-37-40-50-42-44(43-52-54(48,49)51-41-39-46)53-45(47)38-36-34-32-30-28-26-16-14-12-10-8-6-4-2/h5,7,11,13,17-18,20-21,23-24,27,29,44H,3-4,6,8-10,12,14-16,19,22,25-26,28,30-43,46H2,1-2H3,(H,48,49)/b7-5-,13-11-,18-17-,21-20-,24-23-,29-27-. The summed E-state index contributed by atoms with van der Waals surface area (Å²) in [6.45, 7) is 4.71. The topological polar surface area (TPSA) is 117 Å². The Morgan fingerprint density at radius 2 is 1.04 bits per heavy atom. The van der Waals surface area contributed by atoms with E-state index in [-0.39, 0.29) is 32.3 Å². The summed E-state index contributed by atoms with van der Waals surface area (Å²) in [5.74, 6) is -0.345. The van der Waals surface area contributed by atoms with Gasteiger partial charge >= 0.3 is 13.8 Å². The fraction of sp³-hybridized carbons (Fsp3) is 0.711. The monoisotopic (exact) mass is 778 g/mol. The summed E-state index contributed by atoms with van der Waals surface area (Å²) < 4.78 is 33.4. The highest BCUT2D eigenvalue weighted by atomic mass is 31.2. The van der Waals surface area contributed by atoms with Gasteiger partial charge in [-0.3, -0.25) is 13.8 Å².